The Hall–Kier alpha value is -1.25. The number of H-pyrrole nitrogens is 1. The fourth-order valence-electron chi connectivity index (χ4n) is 0.905. The molecule has 5 nitrogen and oxygen atoms in total. The smallest absolute Gasteiger partial charge is 0.387 e. The molecule has 0 saturated heterocycles. The van der Waals surface area contributed by atoms with Crippen LogP contribution in [-0.2, 0) is 0 Å². The van der Waals surface area contributed by atoms with Crippen LogP contribution in [0.5, 0.6) is 0 Å². The van der Waals surface area contributed by atoms with Crippen molar-refractivity contribution in [1.29, 1.82) is 5.41 Å². The molecule has 90 valence electrons. The summed E-state index contributed by atoms with van der Waals surface area (Å²) in [7, 11) is 0. The van der Waals surface area contributed by atoms with E-state index in [0.717, 1.165) is 11.8 Å². The van der Waals surface area contributed by atoms with E-state index in [1.54, 1.807) is 6.92 Å². The van der Waals surface area contributed by atoms with Crippen LogP contribution in [-0.4, -0.2) is 32.9 Å². The lowest BCUT2D eigenvalue weighted by molar-refractivity contribution is -0.150. The van der Waals surface area contributed by atoms with Crippen molar-refractivity contribution in [2.75, 3.05) is 5.75 Å². The minimum atomic E-state index is -4.51. The van der Waals surface area contributed by atoms with Gasteiger partial charge >= 0.3 is 6.18 Å². The molecule has 1 unspecified atom stereocenters. The Morgan fingerprint density at radius 3 is 2.62 bits per heavy atom. The monoisotopic (exact) mass is 253 g/mol. The number of rotatable bonds is 4. The van der Waals surface area contributed by atoms with Gasteiger partial charge in [0, 0.05) is 5.75 Å². The second-order valence-electron chi connectivity index (χ2n) is 3.06. The molecule has 4 N–H and O–H groups in total. The summed E-state index contributed by atoms with van der Waals surface area (Å²) in [5.41, 5.74) is 4.89. The van der Waals surface area contributed by atoms with Crippen LogP contribution >= 0.6 is 11.8 Å². The van der Waals surface area contributed by atoms with Gasteiger partial charge in [-0.3, -0.25) is 10.5 Å². The molecule has 0 aliphatic heterocycles. The van der Waals surface area contributed by atoms with Gasteiger partial charge in [0.15, 0.2) is 0 Å². The summed E-state index contributed by atoms with van der Waals surface area (Å²) in [5.74, 6) is -2.73. The van der Waals surface area contributed by atoms with E-state index in [0.29, 0.717) is 5.82 Å². The van der Waals surface area contributed by atoms with E-state index in [-0.39, 0.29) is 5.16 Å². The van der Waals surface area contributed by atoms with E-state index in [4.69, 9.17) is 11.1 Å². The maximum atomic E-state index is 12.4. The molecule has 0 saturated carbocycles. The molecule has 0 amide bonds. The largest absolute Gasteiger partial charge is 0.399 e. The Labute approximate surface area is 93.5 Å². The van der Waals surface area contributed by atoms with Crippen molar-refractivity contribution >= 4 is 17.6 Å². The number of amidine groups is 1. The number of halogens is 3. The SMILES string of the molecule is Cc1nc(SCC(C(=N)N)C(F)(F)F)n[nH]1. The van der Waals surface area contributed by atoms with Crippen molar-refractivity contribution in [2.24, 2.45) is 11.7 Å². The maximum Gasteiger partial charge on any atom is 0.399 e. The lowest BCUT2D eigenvalue weighted by atomic mass is 10.1. The predicted molar refractivity (Wildman–Crippen MR) is 53.3 cm³/mol. The molecule has 1 atom stereocenters. The van der Waals surface area contributed by atoms with Gasteiger partial charge in [0.2, 0.25) is 5.16 Å². The maximum absolute atomic E-state index is 12.4. The Bertz CT molecular complexity index is 374. The quantitative estimate of drug-likeness (QED) is 0.428. The zero-order chi connectivity index (χ0) is 12.3. The van der Waals surface area contributed by atoms with Crippen molar-refractivity contribution in [3.05, 3.63) is 5.82 Å². The van der Waals surface area contributed by atoms with Gasteiger partial charge in [-0.25, -0.2) is 4.98 Å². The van der Waals surface area contributed by atoms with Crippen LogP contribution in [0.25, 0.3) is 0 Å². The van der Waals surface area contributed by atoms with Gasteiger partial charge in [0.1, 0.15) is 17.6 Å². The van der Waals surface area contributed by atoms with Crippen molar-refractivity contribution in [2.45, 2.75) is 18.3 Å². The van der Waals surface area contributed by atoms with Crippen molar-refractivity contribution in [3.8, 4) is 0 Å². The fraction of sp³-hybridized carbons (Fsp3) is 0.571. The molecule has 0 aliphatic rings. The molecule has 0 aliphatic carbocycles. The Kier molecular flexibility index (Phi) is 3.79. The third-order valence-corrected chi connectivity index (χ3v) is 2.67. The van der Waals surface area contributed by atoms with Crippen LogP contribution in [0, 0.1) is 18.3 Å². The number of aryl methyl sites for hydroxylation is 1. The summed E-state index contributed by atoms with van der Waals surface area (Å²) in [5, 5.41) is 13.3. The van der Waals surface area contributed by atoms with E-state index in [1.807, 2.05) is 0 Å². The van der Waals surface area contributed by atoms with Crippen LogP contribution in [0.1, 0.15) is 5.82 Å². The summed E-state index contributed by atoms with van der Waals surface area (Å²) >= 11 is 0.810. The highest BCUT2D eigenvalue weighted by molar-refractivity contribution is 7.99. The summed E-state index contributed by atoms with van der Waals surface area (Å²) in [6.07, 6.45) is -4.51. The first kappa shape index (κ1) is 12.8. The summed E-state index contributed by atoms with van der Waals surface area (Å²) < 4.78 is 37.2. The molecule has 0 fully saturated rings. The fourth-order valence-corrected chi connectivity index (χ4v) is 1.90. The van der Waals surface area contributed by atoms with Crippen molar-refractivity contribution in [3.63, 3.8) is 0 Å². The first-order valence-corrected chi connectivity index (χ1v) is 5.21. The zero-order valence-electron chi connectivity index (χ0n) is 8.30. The molecule has 1 aromatic rings. The van der Waals surface area contributed by atoms with Crippen LogP contribution in [0.3, 0.4) is 0 Å². The van der Waals surface area contributed by atoms with Gasteiger partial charge in [-0.2, -0.15) is 13.2 Å². The lowest BCUT2D eigenvalue weighted by Gasteiger charge is -2.17. The summed E-state index contributed by atoms with van der Waals surface area (Å²) in [6.45, 7) is 1.64. The normalized spacial score (nSPS) is 13.8. The van der Waals surface area contributed by atoms with E-state index in [1.165, 1.54) is 0 Å². The van der Waals surface area contributed by atoms with Gasteiger partial charge in [0.25, 0.3) is 0 Å². The van der Waals surface area contributed by atoms with Crippen molar-refractivity contribution < 1.29 is 13.2 Å². The zero-order valence-corrected chi connectivity index (χ0v) is 9.11. The Balaban J connectivity index is 2.61. The number of nitrogens with two attached hydrogens (primary N) is 1. The highest BCUT2D eigenvalue weighted by Gasteiger charge is 2.41. The molecular weight excluding hydrogens is 243 g/mol. The second kappa shape index (κ2) is 4.73. The first-order valence-electron chi connectivity index (χ1n) is 4.23. The highest BCUT2D eigenvalue weighted by Crippen LogP contribution is 2.30. The van der Waals surface area contributed by atoms with Gasteiger partial charge in [-0.15, -0.1) is 5.10 Å². The average molecular weight is 253 g/mol. The molecule has 0 radical (unpaired) electrons. The third-order valence-electron chi connectivity index (χ3n) is 1.73. The standard InChI is InChI=1S/C7H10F3N5S/c1-3-13-6(15-14-3)16-2-4(5(11)12)7(8,9)10/h4H,2H2,1H3,(H3,11,12)(H,13,14,15). The molecule has 0 bridgehead atoms. The van der Waals surface area contributed by atoms with Crippen LogP contribution < -0.4 is 5.73 Å². The number of aromatic nitrogens is 3. The van der Waals surface area contributed by atoms with Gasteiger partial charge in [-0.1, -0.05) is 11.8 Å². The molecule has 1 aromatic heterocycles. The number of hydrogen-bond donors (Lipinski definition) is 3. The van der Waals surface area contributed by atoms with E-state index < -0.39 is 23.7 Å². The van der Waals surface area contributed by atoms with Crippen LogP contribution in [0.4, 0.5) is 13.2 Å². The van der Waals surface area contributed by atoms with Gasteiger partial charge in [-0.05, 0) is 6.92 Å². The average Bonchev–Trinajstić information content (AvgIpc) is 2.48. The highest BCUT2D eigenvalue weighted by atomic mass is 32.2. The molecule has 16 heavy (non-hydrogen) atoms. The van der Waals surface area contributed by atoms with E-state index in [2.05, 4.69) is 15.2 Å². The number of alkyl halides is 3. The second-order valence-corrected chi connectivity index (χ2v) is 4.05. The Morgan fingerprint density at radius 2 is 2.25 bits per heavy atom. The van der Waals surface area contributed by atoms with Crippen LogP contribution in [0.15, 0.2) is 5.16 Å². The van der Waals surface area contributed by atoms with Gasteiger partial charge < -0.3 is 5.73 Å². The minimum Gasteiger partial charge on any atom is -0.387 e. The molecular formula is C7H10F3N5S. The van der Waals surface area contributed by atoms with E-state index in [9.17, 15) is 13.2 Å². The first-order chi connectivity index (χ1) is 7.30. The minimum absolute atomic E-state index is 0.216. The summed E-state index contributed by atoms with van der Waals surface area (Å²) in [6, 6.07) is 0. The number of aromatic amines is 1. The molecule has 9 heteroatoms. The van der Waals surface area contributed by atoms with Gasteiger partial charge in [0.05, 0.1) is 0 Å². The van der Waals surface area contributed by atoms with Crippen LogP contribution in [0.2, 0.25) is 0 Å². The number of thioether (sulfide) groups is 1. The molecule has 1 heterocycles. The topological polar surface area (TPSA) is 91.4 Å². The lowest BCUT2D eigenvalue weighted by Crippen LogP contribution is -2.37. The molecule has 1 rings (SSSR count). The number of nitrogens with one attached hydrogen (secondary N) is 2. The summed E-state index contributed by atoms with van der Waals surface area (Å²) in [4.78, 5) is 3.84. The Morgan fingerprint density at radius 1 is 1.62 bits per heavy atom. The molecule has 0 aromatic carbocycles. The molecule has 0 spiro atoms. The van der Waals surface area contributed by atoms with Crippen molar-refractivity contribution in [1.82, 2.24) is 15.2 Å². The third kappa shape index (κ3) is 3.40. The van der Waals surface area contributed by atoms with E-state index >= 15 is 0 Å². The predicted octanol–water partition coefficient (Wildman–Crippen LogP) is 1.32. The number of nitrogens with zero attached hydrogens (tertiary/aromatic N) is 2. The number of hydrogen-bond acceptors (Lipinski definition) is 4.